The van der Waals surface area contributed by atoms with Gasteiger partial charge in [-0.05, 0) is 24.3 Å². The minimum Gasteiger partial charge on any atom is -0.313 e. The van der Waals surface area contributed by atoms with Crippen LogP contribution < -0.4 is 5.32 Å². The molecule has 0 saturated carbocycles. The van der Waals surface area contributed by atoms with Crippen LogP contribution in [-0.4, -0.2) is 27.9 Å². The van der Waals surface area contributed by atoms with Gasteiger partial charge in [-0.25, -0.2) is 0 Å². The first-order valence-electron chi connectivity index (χ1n) is 5.21. The van der Waals surface area contributed by atoms with Crippen LogP contribution in [0.1, 0.15) is 6.04 Å². The number of benzene rings is 1. The van der Waals surface area contributed by atoms with E-state index in [0.29, 0.717) is 6.04 Å². The normalized spacial score (nSPS) is 16.1. The summed E-state index contributed by atoms with van der Waals surface area (Å²) in [7, 11) is 0. The van der Waals surface area contributed by atoms with E-state index in [1.165, 1.54) is 0 Å². The van der Waals surface area contributed by atoms with E-state index in [1.54, 1.807) is 6.33 Å². The summed E-state index contributed by atoms with van der Waals surface area (Å²) in [5.74, 6) is 0.906. The molecule has 1 aromatic carbocycles. The highest BCUT2D eigenvalue weighted by atomic mass is 35.5. The number of halogens is 1. The van der Waals surface area contributed by atoms with Gasteiger partial charge in [0.05, 0.1) is 6.04 Å². The largest absolute Gasteiger partial charge is 0.313 e. The molecule has 3 rings (SSSR count). The second-order valence-corrected chi connectivity index (χ2v) is 4.32. The molecule has 0 amide bonds. The van der Waals surface area contributed by atoms with Crippen LogP contribution in [0.5, 0.6) is 0 Å². The molecule has 16 heavy (non-hydrogen) atoms. The Labute approximate surface area is 98.3 Å². The summed E-state index contributed by atoms with van der Waals surface area (Å²) in [6.45, 7) is 1.97. The first-order chi connectivity index (χ1) is 7.84. The first-order valence-corrected chi connectivity index (χ1v) is 5.58. The molecule has 1 aromatic heterocycles. The monoisotopic (exact) mass is 234 g/mol. The molecule has 82 valence electrons. The Bertz CT molecular complexity index is 487. The average molecular weight is 235 g/mol. The maximum Gasteiger partial charge on any atom is 0.164 e. The van der Waals surface area contributed by atoms with Gasteiger partial charge in [-0.1, -0.05) is 11.6 Å². The average Bonchev–Trinajstić information content (AvgIpc) is 2.65. The fourth-order valence-electron chi connectivity index (χ4n) is 1.79. The van der Waals surface area contributed by atoms with E-state index >= 15 is 0 Å². The molecule has 1 aliphatic rings. The fraction of sp³-hybridized carbons (Fsp3) is 0.273. The summed E-state index contributed by atoms with van der Waals surface area (Å²) >= 11 is 5.86. The van der Waals surface area contributed by atoms with E-state index in [-0.39, 0.29) is 0 Å². The molecule has 2 heterocycles. The van der Waals surface area contributed by atoms with Crippen molar-refractivity contribution in [2.24, 2.45) is 0 Å². The molecule has 1 fully saturated rings. The third kappa shape index (κ3) is 1.60. The Balaban J connectivity index is 1.99. The maximum absolute atomic E-state index is 5.86. The fourth-order valence-corrected chi connectivity index (χ4v) is 1.91. The van der Waals surface area contributed by atoms with Crippen molar-refractivity contribution in [3.05, 3.63) is 35.6 Å². The Kier molecular flexibility index (Phi) is 2.38. The highest BCUT2D eigenvalue weighted by Crippen LogP contribution is 2.23. The van der Waals surface area contributed by atoms with Crippen LogP contribution in [0, 0.1) is 0 Å². The third-order valence-electron chi connectivity index (χ3n) is 2.83. The van der Waals surface area contributed by atoms with E-state index < -0.39 is 0 Å². The molecule has 0 aliphatic carbocycles. The van der Waals surface area contributed by atoms with Gasteiger partial charge in [0.2, 0.25) is 0 Å². The smallest absolute Gasteiger partial charge is 0.164 e. The summed E-state index contributed by atoms with van der Waals surface area (Å²) in [5, 5.41) is 12.1. The zero-order chi connectivity index (χ0) is 11.0. The topological polar surface area (TPSA) is 42.7 Å². The van der Waals surface area contributed by atoms with E-state index in [0.717, 1.165) is 29.5 Å². The van der Waals surface area contributed by atoms with Crippen molar-refractivity contribution in [2.45, 2.75) is 6.04 Å². The number of hydrogen-bond acceptors (Lipinski definition) is 3. The van der Waals surface area contributed by atoms with Crippen molar-refractivity contribution >= 4 is 11.6 Å². The predicted molar refractivity (Wildman–Crippen MR) is 62.4 cm³/mol. The second-order valence-electron chi connectivity index (χ2n) is 3.88. The van der Waals surface area contributed by atoms with Crippen LogP contribution in [0.2, 0.25) is 5.02 Å². The van der Waals surface area contributed by atoms with Crippen LogP contribution in [0.25, 0.3) is 11.4 Å². The van der Waals surface area contributed by atoms with Crippen molar-refractivity contribution in [2.75, 3.05) is 13.1 Å². The summed E-state index contributed by atoms with van der Waals surface area (Å²) < 4.78 is 2.11. The Hall–Kier alpha value is -1.39. The van der Waals surface area contributed by atoms with Gasteiger partial charge in [-0.2, -0.15) is 0 Å². The van der Waals surface area contributed by atoms with Gasteiger partial charge in [0.25, 0.3) is 0 Å². The summed E-state index contributed by atoms with van der Waals surface area (Å²) in [6.07, 6.45) is 1.79. The van der Waals surface area contributed by atoms with Gasteiger partial charge in [0, 0.05) is 23.7 Å². The molecule has 0 unspecified atom stereocenters. The number of rotatable bonds is 2. The maximum atomic E-state index is 5.86. The highest BCUT2D eigenvalue weighted by molar-refractivity contribution is 6.30. The summed E-state index contributed by atoms with van der Waals surface area (Å²) in [5.41, 5.74) is 1.05. The summed E-state index contributed by atoms with van der Waals surface area (Å²) in [4.78, 5) is 0. The van der Waals surface area contributed by atoms with Crippen molar-refractivity contribution in [1.82, 2.24) is 20.1 Å². The van der Waals surface area contributed by atoms with Gasteiger partial charge in [0.15, 0.2) is 5.82 Å². The number of nitrogens with zero attached hydrogens (tertiary/aromatic N) is 3. The molecule has 0 bridgehead atoms. The van der Waals surface area contributed by atoms with Gasteiger partial charge < -0.3 is 9.88 Å². The van der Waals surface area contributed by atoms with E-state index in [9.17, 15) is 0 Å². The first kappa shape index (κ1) is 9.81. The Morgan fingerprint density at radius 2 is 2.00 bits per heavy atom. The zero-order valence-corrected chi connectivity index (χ0v) is 9.35. The number of aromatic nitrogens is 3. The molecule has 1 saturated heterocycles. The molecule has 1 N–H and O–H groups in total. The Morgan fingerprint density at radius 1 is 1.25 bits per heavy atom. The molecule has 0 radical (unpaired) electrons. The molecule has 0 spiro atoms. The lowest BCUT2D eigenvalue weighted by molar-refractivity contribution is 0.345. The van der Waals surface area contributed by atoms with Crippen LogP contribution in [0.15, 0.2) is 30.6 Å². The van der Waals surface area contributed by atoms with E-state index in [2.05, 4.69) is 20.1 Å². The zero-order valence-electron chi connectivity index (χ0n) is 8.60. The van der Waals surface area contributed by atoms with Gasteiger partial charge in [-0.15, -0.1) is 10.2 Å². The van der Waals surface area contributed by atoms with Crippen LogP contribution in [-0.2, 0) is 0 Å². The molecular formula is C11H11ClN4. The number of hydrogen-bond donors (Lipinski definition) is 1. The lowest BCUT2D eigenvalue weighted by Crippen LogP contribution is -2.43. The summed E-state index contributed by atoms with van der Waals surface area (Å²) in [6, 6.07) is 8.15. The van der Waals surface area contributed by atoms with Crippen LogP contribution in [0.4, 0.5) is 0 Å². The van der Waals surface area contributed by atoms with E-state index in [4.69, 9.17) is 11.6 Å². The van der Waals surface area contributed by atoms with E-state index in [1.807, 2.05) is 24.3 Å². The molecular weight excluding hydrogens is 224 g/mol. The minimum atomic E-state index is 0.473. The third-order valence-corrected chi connectivity index (χ3v) is 3.08. The van der Waals surface area contributed by atoms with Crippen LogP contribution in [0.3, 0.4) is 0 Å². The Morgan fingerprint density at radius 3 is 2.62 bits per heavy atom. The molecule has 1 aliphatic heterocycles. The van der Waals surface area contributed by atoms with Gasteiger partial charge in [0.1, 0.15) is 6.33 Å². The van der Waals surface area contributed by atoms with Crippen LogP contribution >= 0.6 is 11.6 Å². The van der Waals surface area contributed by atoms with Crippen molar-refractivity contribution in [3.63, 3.8) is 0 Å². The quantitative estimate of drug-likeness (QED) is 0.861. The lowest BCUT2D eigenvalue weighted by atomic mass is 10.1. The van der Waals surface area contributed by atoms with Gasteiger partial charge in [-0.3, -0.25) is 0 Å². The van der Waals surface area contributed by atoms with Crippen molar-refractivity contribution in [3.8, 4) is 11.4 Å². The molecule has 2 aromatic rings. The highest BCUT2D eigenvalue weighted by Gasteiger charge is 2.22. The molecule has 5 heteroatoms. The number of nitrogens with one attached hydrogen (secondary N) is 1. The predicted octanol–water partition coefficient (Wildman–Crippen LogP) is 1.74. The minimum absolute atomic E-state index is 0.473. The standard InChI is InChI=1S/C11H11ClN4/c12-9-3-1-8(2-4-9)11-15-14-7-16(11)10-5-13-6-10/h1-4,7,10,13H,5-6H2. The molecule has 0 atom stereocenters. The van der Waals surface area contributed by atoms with Crippen molar-refractivity contribution < 1.29 is 0 Å². The second kappa shape index (κ2) is 3.88. The lowest BCUT2D eigenvalue weighted by Gasteiger charge is -2.29. The van der Waals surface area contributed by atoms with Crippen molar-refractivity contribution in [1.29, 1.82) is 0 Å². The van der Waals surface area contributed by atoms with Gasteiger partial charge >= 0.3 is 0 Å². The molecule has 4 nitrogen and oxygen atoms in total. The SMILES string of the molecule is Clc1ccc(-c2nncn2C2CNC2)cc1.